The molecule has 0 saturated carbocycles. The lowest BCUT2D eigenvalue weighted by Crippen LogP contribution is -2.35. The fraction of sp³-hybridized carbons (Fsp3) is 0.667. The van der Waals surface area contributed by atoms with Crippen molar-refractivity contribution in [3.63, 3.8) is 0 Å². The molecule has 1 aliphatic heterocycles. The lowest BCUT2D eigenvalue weighted by atomic mass is 9.83. The minimum absolute atomic E-state index is 0.618. The van der Waals surface area contributed by atoms with Crippen molar-refractivity contribution in [2.24, 2.45) is 11.8 Å². The zero-order chi connectivity index (χ0) is 9.84. The Morgan fingerprint density at radius 3 is 2.77 bits per heavy atom. The molecule has 0 bridgehead atoms. The normalized spacial score (nSPS) is 31.8. The molecule has 1 fully saturated rings. The predicted octanol–water partition coefficient (Wildman–Crippen LogP) is 3.10. The summed E-state index contributed by atoms with van der Waals surface area (Å²) in [7, 11) is 0. The second kappa shape index (κ2) is 4.50. The van der Waals surface area contributed by atoms with Crippen LogP contribution in [0.2, 0.25) is 0 Å². The monoisotopic (exact) mass is 179 g/mol. The molecule has 0 aliphatic carbocycles. The minimum Gasteiger partial charge on any atom is -0.386 e. The van der Waals surface area contributed by atoms with Gasteiger partial charge in [0, 0.05) is 11.7 Å². The molecule has 1 N–H and O–H groups in total. The fourth-order valence-electron chi connectivity index (χ4n) is 2.02. The maximum Gasteiger partial charge on any atom is 0.0232 e. The smallest absolute Gasteiger partial charge is 0.0232 e. The van der Waals surface area contributed by atoms with Gasteiger partial charge in [0.2, 0.25) is 0 Å². The Balaban J connectivity index is 2.62. The van der Waals surface area contributed by atoms with Crippen LogP contribution in [0.4, 0.5) is 0 Å². The van der Waals surface area contributed by atoms with Gasteiger partial charge < -0.3 is 5.32 Å². The molecule has 1 heteroatoms. The third-order valence-electron chi connectivity index (χ3n) is 2.83. The quantitative estimate of drug-likeness (QED) is 0.687. The van der Waals surface area contributed by atoms with Gasteiger partial charge in [-0.15, -0.1) is 0 Å². The topological polar surface area (TPSA) is 12.0 Å². The Bertz CT molecular complexity index is 203. The molecule has 0 aromatic rings. The molecule has 1 aliphatic rings. The van der Waals surface area contributed by atoms with Gasteiger partial charge in [0.05, 0.1) is 0 Å². The number of hydrogen-bond donors (Lipinski definition) is 1. The van der Waals surface area contributed by atoms with E-state index in [4.69, 9.17) is 0 Å². The van der Waals surface area contributed by atoms with Crippen molar-refractivity contribution in [2.75, 3.05) is 0 Å². The fourth-order valence-corrected chi connectivity index (χ4v) is 2.02. The highest BCUT2D eigenvalue weighted by Gasteiger charge is 2.23. The Hall–Kier alpha value is -0.720. The van der Waals surface area contributed by atoms with E-state index in [0.717, 1.165) is 11.8 Å². The van der Waals surface area contributed by atoms with Gasteiger partial charge in [-0.05, 0) is 37.7 Å². The van der Waals surface area contributed by atoms with Gasteiger partial charge in [-0.25, -0.2) is 0 Å². The molecule has 74 valence electrons. The van der Waals surface area contributed by atoms with E-state index >= 15 is 0 Å². The zero-order valence-electron chi connectivity index (χ0n) is 9.01. The maximum atomic E-state index is 3.73. The first kappa shape index (κ1) is 10.4. The van der Waals surface area contributed by atoms with Crippen molar-refractivity contribution in [1.29, 1.82) is 0 Å². The molecule has 1 rings (SSSR count). The molecule has 1 saturated heterocycles. The first-order valence-electron chi connectivity index (χ1n) is 5.21. The van der Waals surface area contributed by atoms with Crippen LogP contribution in [0, 0.1) is 11.8 Å². The first-order valence-corrected chi connectivity index (χ1v) is 5.21. The van der Waals surface area contributed by atoms with Crippen LogP contribution in [-0.4, -0.2) is 6.04 Å². The summed E-state index contributed by atoms with van der Waals surface area (Å²) in [5.74, 6) is 1.63. The number of hydrogen-bond acceptors (Lipinski definition) is 1. The van der Waals surface area contributed by atoms with Crippen LogP contribution in [-0.2, 0) is 0 Å². The molecule has 0 aromatic heterocycles. The Morgan fingerprint density at radius 2 is 2.23 bits per heavy atom. The lowest BCUT2D eigenvalue weighted by Gasteiger charge is -2.33. The maximum absolute atomic E-state index is 3.73. The summed E-state index contributed by atoms with van der Waals surface area (Å²) in [4.78, 5) is 0. The molecule has 13 heavy (non-hydrogen) atoms. The van der Waals surface area contributed by atoms with Crippen LogP contribution in [0.1, 0.15) is 33.6 Å². The second-order valence-corrected chi connectivity index (χ2v) is 4.42. The summed E-state index contributed by atoms with van der Waals surface area (Å²) < 4.78 is 0. The van der Waals surface area contributed by atoms with Gasteiger partial charge in [0.1, 0.15) is 0 Å². The summed E-state index contributed by atoms with van der Waals surface area (Å²) in [5.41, 5.74) is 1.35. The van der Waals surface area contributed by atoms with Gasteiger partial charge >= 0.3 is 0 Å². The van der Waals surface area contributed by atoms with E-state index < -0.39 is 0 Å². The third-order valence-corrected chi connectivity index (χ3v) is 2.83. The van der Waals surface area contributed by atoms with Crippen LogP contribution < -0.4 is 5.32 Å². The van der Waals surface area contributed by atoms with Gasteiger partial charge in [0.15, 0.2) is 0 Å². The molecular formula is C12H21N. The first-order chi connectivity index (χ1) is 6.13. The van der Waals surface area contributed by atoms with Crippen LogP contribution in [0.15, 0.2) is 24.4 Å². The highest BCUT2D eigenvalue weighted by molar-refractivity contribution is 5.12. The van der Waals surface area contributed by atoms with Gasteiger partial charge in [-0.1, -0.05) is 26.5 Å². The highest BCUT2D eigenvalue weighted by atomic mass is 14.9. The molecule has 0 aromatic carbocycles. The predicted molar refractivity (Wildman–Crippen MR) is 58.4 cm³/mol. The van der Waals surface area contributed by atoms with Crippen molar-refractivity contribution < 1.29 is 0 Å². The summed E-state index contributed by atoms with van der Waals surface area (Å²) in [6.45, 7) is 10.6. The van der Waals surface area contributed by atoms with E-state index in [2.05, 4.69) is 38.7 Å². The number of nitrogens with one attached hydrogen (secondary N) is 1. The van der Waals surface area contributed by atoms with Crippen molar-refractivity contribution in [2.45, 2.75) is 39.7 Å². The summed E-state index contributed by atoms with van der Waals surface area (Å²) >= 11 is 0. The highest BCUT2D eigenvalue weighted by Crippen LogP contribution is 2.28. The summed E-state index contributed by atoms with van der Waals surface area (Å²) in [6, 6.07) is 0.618. The van der Waals surface area contributed by atoms with E-state index in [1.807, 2.05) is 6.08 Å². The average Bonchev–Trinajstić information content (AvgIpc) is 2.03. The SMILES string of the molecule is C=C/C=C1/CC(C(C)C)CC(C)N1. The van der Waals surface area contributed by atoms with Gasteiger partial charge in [0.25, 0.3) is 0 Å². The largest absolute Gasteiger partial charge is 0.386 e. The zero-order valence-corrected chi connectivity index (χ0v) is 9.01. The van der Waals surface area contributed by atoms with Crippen LogP contribution >= 0.6 is 0 Å². The molecule has 1 nitrogen and oxygen atoms in total. The third kappa shape index (κ3) is 2.91. The average molecular weight is 179 g/mol. The molecule has 0 amide bonds. The van der Waals surface area contributed by atoms with E-state index in [0.29, 0.717) is 6.04 Å². The van der Waals surface area contributed by atoms with Crippen molar-refractivity contribution in [3.05, 3.63) is 24.4 Å². The van der Waals surface area contributed by atoms with Crippen LogP contribution in [0.3, 0.4) is 0 Å². The molecule has 2 unspecified atom stereocenters. The Kier molecular flexibility index (Phi) is 3.58. The number of allylic oxidation sites excluding steroid dienone is 3. The molecule has 1 heterocycles. The van der Waals surface area contributed by atoms with E-state index in [1.54, 1.807) is 0 Å². The van der Waals surface area contributed by atoms with Gasteiger partial charge in [-0.2, -0.15) is 0 Å². The minimum atomic E-state index is 0.618. The summed E-state index contributed by atoms with van der Waals surface area (Å²) in [6.07, 6.45) is 6.46. The summed E-state index contributed by atoms with van der Waals surface area (Å²) in [5, 5.41) is 3.49. The standard InChI is InChI=1S/C12H21N/c1-5-6-12-8-11(9(2)3)7-10(4)13-12/h5-6,9-11,13H,1,7-8H2,2-4H3/b12-6-. The molecule has 0 radical (unpaired) electrons. The van der Waals surface area contributed by atoms with Gasteiger partial charge in [-0.3, -0.25) is 0 Å². The molecule has 0 spiro atoms. The van der Waals surface area contributed by atoms with Crippen LogP contribution in [0.25, 0.3) is 0 Å². The second-order valence-electron chi connectivity index (χ2n) is 4.42. The van der Waals surface area contributed by atoms with E-state index in [1.165, 1.54) is 18.5 Å². The van der Waals surface area contributed by atoms with Crippen molar-refractivity contribution in [1.82, 2.24) is 5.32 Å². The Labute approximate surface area is 81.9 Å². The molecule has 2 atom stereocenters. The van der Waals surface area contributed by atoms with Crippen LogP contribution in [0.5, 0.6) is 0 Å². The van der Waals surface area contributed by atoms with E-state index in [9.17, 15) is 0 Å². The lowest BCUT2D eigenvalue weighted by molar-refractivity contribution is 0.281. The molecular weight excluding hydrogens is 158 g/mol. The van der Waals surface area contributed by atoms with E-state index in [-0.39, 0.29) is 0 Å². The number of rotatable bonds is 2. The Morgan fingerprint density at radius 1 is 1.54 bits per heavy atom. The van der Waals surface area contributed by atoms with Crippen molar-refractivity contribution in [3.8, 4) is 0 Å². The number of piperidine rings is 1. The van der Waals surface area contributed by atoms with Crippen molar-refractivity contribution >= 4 is 0 Å².